The molecule has 2 heterocycles. The number of carbonyl (C=O) groups is 1. The van der Waals surface area contributed by atoms with E-state index in [4.69, 9.17) is 5.11 Å². The molecule has 0 spiro atoms. The van der Waals surface area contributed by atoms with Gasteiger partial charge in [0.25, 0.3) is 0 Å². The number of fused-ring (bicyclic) bond motifs is 3. The van der Waals surface area contributed by atoms with Gasteiger partial charge in [0.1, 0.15) is 5.82 Å². The van der Waals surface area contributed by atoms with Crippen molar-refractivity contribution in [2.75, 3.05) is 0 Å². The number of hydrogen-bond donors (Lipinski definition) is 1. The molecular formula is C10H7N3O2. The maximum atomic E-state index is 11.0. The highest BCUT2D eigenvalue weighted by atomic mass is 16.4. The zero-order chi connectivity index (χ0) is 10.4. The van der Waals surface area contributed by atoms with Gasteiger partial charge in [-0.25, -0.2) is 14.5 Å². The standard InChI is InChI=1S/C10H7N3O2/c14-10(15)9-6-2-1-3-7(6)13-8(12-9)4-5-11-13/h1-3,5H,4H2,(H,14,15). The summed E-state index contributed by atoms with van der Waals surface area (Å²) in [6, 6.07) is 5.39. The van der Waals surface area contributed by atoms with E-state index in [9.17, 15) is 4.79 Å². The first-order valence-electron chi connectivity index (χ1n) is 4.54. The summed E-state index contributed by atoms with van der Waals surface area (Å²) in [5.41, 5.74) is 1.53. The van der Waals surface area contributed by atoms with Crippen LogP contribution >= 0.6 is 0 Å². The van der Waals surface area contributed by atoms with Crippen LogP contribution in [0.5, 0.6) is 0 Å². The summed E-state index contributed by atoms with van der Waals surface area (Å²) in [6.45, 7) is 0. The van der Waals surface area contributed by atoms with Gasteiger partial charge in [0.2, 0.25) is 0 Å². The summed E-state index contributed by atoms with van der Waals surface area (Å²) in [5.74, 6) is -0.326. The maximum Gasteiger partial charge on any atom is 0.355 e. The Morgan fingerprint density at radius 3 is 3.13 bits per heavy atom. The molecule has 1 aliphatic carbocycles. The van der Waals surface area contributed by atoms with Gasteiger partial charge in [0.15, 0.2) is 5.69 Å². The monoisotopic (exact) mass is 201 g/mol. The van der Waals surface area contributed by atoms with E-state index in [0.717, 1.165) is 5.69 Å². The molecule has 3 aliphatic rings. The minimum absolute atomic E-state index is 0.103. The smallest absolute Gasteiger partial charge is 0.355 e. The Morgan fingerprint density at radius 2 is 2.33 bits per heavy atom. The number of carboxylic acids is 1. The first-order chi connectivity index (χ1) is 7.27. The normalized spacial score (nSPS) is 13.3. The summed E-state index contributed by atoms with van der Waals surface area (Å²) in [5, 5.41) is 13.2. The van der Waals surface area contributed by atoms with Crippen molar-refractivity contribution < 1.29 is 9.90 Å². The predicted octanol–water partition coefficient (Wildman–Crippen LogP) is 1.08. The molecule has 5 nitrogen and oxygen atoms in total. The van der Waals surface area contributed by atoms with Crippen LogP contribution in [-0.2, 0) is 6.42 Å². The van der Waals surface area contributed by atoms with Crippen molar-refractivity contribution >= 4 is 12.2 Å². The molecule has 0 bridgehead atoms. The van der Waals surface area contributed by atoms with E-state index in [0.29, 0.717) is 17.8 Å². The Morgan fingerprint density at radius 1 is 1.47 bits per heavy atom. The van der Waals surface area contributed by atoms with Gasteiger partial charge in [-0.05, 0) is 6.07 Å². The zero-order valence-corrected chi connectivity index (χ0v) is 7.71. The fourth-order valence-electron chi connectivity index (χ4n) is 1.80. The lowest BCUT2D eigenvalue weighted by atomic mass is 10.2. The molecule has 1 N–H and O–H groups in total. The predicted molar refractivity (Wildman–Crippen MR) is 53.4 cm³/mol. The first-order valence-corrected chi connectivity index (χ1v) is 4.54. The Kier molecular flexibility index (Phi) is 1.45. The molecule has 0 saturated heterocycles. The molecule has 0 amide bonds. The van der Waals surface area contributed by atoms with Gasteiger partial charge < -0.3 is 5.11 Å². The quantitative estimate of drug-likeness (QED) is 0.750. The van der Waals surface area contributed by atoms with E-state index in [1.54, 1.807) is 23.0 Å². The van der Waals surface area contributed by atoms with Crippen LogP contribution in [0.3, 0.4) is 0 Å². The first kappa shape index (κ1) is 8.16. The topological polar surface area (TPSA) is 67.5 Å². The summed E-state index contributed by atoms with van der Waals surface area (Å²) in [6.07, 6.45) is 2.31. The van der Waals surface area contributed by atoms with E-state index >= 15 is 0 Å². The molecule has 0 unspecified atom stereocenters. The molecule has 0 aromatic heterocycles. The minimum Gasteiger partial charge on any atom is -0.476 e. The van der Waals surface area contributed by atoms with Crippen molar-refractivity contribution in [3.05, 3.63) is 29.7 Å². The van der Waals surface area contributed by atoms with Crippen molar-refractivity contribution in [1.29, 1.82) is 0 Å². The fraction of sp³-hybridized carbons (Fsp3) is 0.100. The number of hydrogen-bond acceptors (Lipinski definition) is 3. The number of rotatable bonds is 1. The minimum atomic E-state index is -0.999. The second-order valence-electron chi connectivity index (χ2n) is 3.32. The van der Waals surface area contributed by atoms with Gasteiger partial charge >= 0.3 is 5.97 Å². The van der Waals surface area contributed by atoms with Gasteiger partial charge in [0.05, 0.1) is 5.69 Å². The summed E-state index contributed by atoms with van der Waals surface area (Å²) < 4.78 is 1.68. The van der Waals surface area contributed by atoms with Crippen molar-refractivity contribution in [3.63, 3.8) is 0 Å². The second kappa shape index (κ2) is 2.66. The number of aromatic nitrogens is 2. The molecule has 0 saturated carbocycles. The van der Waals surface area contributed by atoms with Crippen LogP contribution in [0.25, 0.3) is 11.3 Å². The van der Waals surface area contributed by atoms with Gasteiger partial charge in [-0.1, -0.05) is 12.1 Å². The lowest BCUT2D eigenvalue weighted by molar-refractivity contribution is 0.0690. The van der Waals surface area contributed by atoms with Crippen LogP contribution in [0.1, 0.15) is 16.3 Å². The van der Waals surface area contributed by atoms with E-state index in [-0.39, 0.29) is 5.69 Å². The number of nitrogens with zero attached hydrogens (tertiary/aromatic N) is 3. The zero-order valence-electron chi connectivity index (χ0n) is 7.71. The van der Waals surface area contributed by atoms with Crippen LogP contribution in [0.2, 0.25) is 0 Å². The van der Waals surface area contributed by atoms with Gasteiger partial charge in [-0.2, -0.15) is 5.10 Å². The highest BCUT2D eigenvalue weighted by Crippen LogP contribution is 2.28. The van der Waals surface area contributed by atoms with Crippen LogP contribution in [0.15, 0.2) is 23.3 Å². The summed E-state index contributed by atoms with van der Waals surface area (Å²) in [7, 11) is 0. The Labute approximate surface area is 85.0 Å². The molecule has 74 valence electrons. The molecule has 0 fully saturated rings. The van der Waals surface area contributed by atoms with E-state index in [1.165, 1.54) is 0 Å². The van der Waals surface area contributed by atoms with E-state index in [1.807, 2.05) is 6.07 Å². The lowest BCUT2D eigenvalue weighted by Gasteiger charge is -2.10. The molecule has 0 aromatic carbocycles. The molecule has 0 aromatic rings. The van der Waals surface area contributed by atoms with Crippen LogP contribution in [-0.4, -0.2) is 27.0 Å². The lowest BCUT2D eigenvalue weighted by Crippen LogP contribution is -2.11. The average molecular weight is 201 g/mol. The maximum absolute atomic E-state index is 11.0. The molecule has 3 rings (SSSR count). The largest absolute Gasteiger partial charge is 0.476 e. The van der Waals surface area contributed by atoms with Crippen LogP contribution < -0.4 is 0 Å². The number of carboxylic acid groups (broad SMARTS) is 1. The van der Waals surface area contributed by atoms with Gasteiger partial charge in [0, 0.05) is 18.2 Å². The van der Waals surface area contributed by atoms with Crippen LogP contribution in [0.4, 0.5) is 0 Å². The van der Waals surface area contributed by atoms with Gasteiger partial charge in [-0.3, -0.25) is 0 Å². The van der Waals surface area contributed by atoms with Gasteiger partial charge in [-0.15, -0.1) is 0 Å². The molecule has 15 heavy (non-hydrogen) atoms. The fourth-order valence-corrected chi connectivity index (χ4v) is 1.80. The van der Waals surface area contributed by atoms with E-state index in [2.05, 4.69) is 10.1 Å². The molecule has 0 atom stereocenters. The average Bonchev–Trinajstić information content (AvgIpc) is 2.83. The third-order valence-electron chi connectivity index (χ3n) is 2.44. The second-order valence-corrected chi connectivity index (χ2v) is 3.32. The Hall–Kier alpha value is -2.17. The highest BCUT2D eigenvalue weighted by Gasteiger charge is 2.22. The molecule has 5 heteroatoms. The molecule has 2 aliphatic heterocycles. The molecule has 0 radical (unpaired) electrons. The number of aromatic carboxylic acids is 1. The van der Waals surface area contributed by atoms with Crippen molar-refractivity contribution in [2.45, 2.75) is 6.42 Å². The van der Waals surface area contributed by atoms with Crippen molar-refractivity contribution in [3.8, 4) is 11.3 Å². The van der Waals surface area contributed by atoms with E-state index < -0.39 is 5.97 Å². The summed E-state index contributed by atoms with van der Waals surface area (Å²) >= 11 is 0. The van der Waals surface area contributed by atoms with Crippen molar-refractivity contribution in [2.24, 2.45) is 5.10 Å². The molecular weight excluding hydrogens is 194 g/mol. The Balaban J connectivity index is 2.39. The van der Waals surface area contributed by atoms with Crippen LogP contribution in [0, 0.1) is 0 Å². The highest BCUT2D eigenvalue weighted by molar-refractivity contribution is 5.94. The SMILES string of the molecule is O=C(O)c1nc2n(c3cccc1-3)N=CC2. The summed E-state index contributed by atoms with van der Waals surface area (Å²) in [4.78, 5) is 15.1. The Bertz CT molecular complexity index is 556. The third kappa shape index (κ3) is 0.999. The third-order valence-corrected chi connectivity index (χ3v) is 2.44. The van der Waals surface area contributed by atoms with Crippen molar-refractivity contribution in [1.82, 2.24) is 9.66 Å².